The summed E-state index contributed by atoms with van der Waals surface area (Å²) in [5.41, 5.74) is 7.17. The molecule has 1 aromatic rings. The summed E-state index contributed by atoms with van der Waals surface area (Å²) in [6, 6.07) is 0. The molecule has 0 unspecified atom stereocenters. The van der Waals surface area contributed by atoms with Crippen LogP contribution in [0.1, 0.15) is 70.0 Å². The molecule has 4 heteroatoms. The average Bonchev–Trinajstić information content (AvgIpc) is 3.06. The van der Waals surface area contributed by atoms with Gasteiger partial charge in [0.1, 0.15) is 10.6 Å². The van der Waals surface area contributed by atoms with E-state index in [0.717, 1.165) is 43.0 Å². The zero-order valence-corrected chi connectivity index (χ0v) is 13.2. The summed E-state index contributed by atoms with van der Waals surface area (Å²) in [4.78, 5) is 4.87. The first-order chi connectivity index (χ1) is 9.10. The third kappa shape index (κ3) is 2.71. The quantitative estimate of drug-likeness (QED) is 0.860. The third-order valence-electron chi connectivity index (χ3n) is 4.46. The highest BCUT2D eigenvalue weighted by Crippen LogP contribution is 2.40. The lowest BCUT2D eigenvalue weighted by molar-refractivity contribution is -0.0508. The largest absolute Gasteiger partial charge is 0.368 e. The Bertz CT molecular complexity index is 406. The van der Waals surface area contributed by atoms with E-state index in [-0.39, 0.29) is 11.1 Å². The Morgan fingerprint density at radius 3 is 2.47 bits per heavy atom. The Morgan fingerprint density at radius 1 is 1.32 bits per heavy atom. The highest BCUT2D eigenvalue weighted by Gasteiger charge is 2.37. The van der Waals surface area contributed by atoms with Crippen molar-refractivity contribution >= 4 is 11.3 Å². The molecule has 1 aliphatic carbocycles. The molecule has 0 saturated heterocycles. The molecule has 0 atom stereocenters. The average molecular weight is 282 g/mol. The van der Waals surface area contributed by atoms with Gasteiger partial charge in [0.05, 0.1) is 11.2 Å². The lowest BCUT2D eigenvalue weighted by atomic mass is 9.94. The minimum absolute atomic E-state index is 0.186. The molecule has 0 spiro atoms. The topological polar surface area (TPSA) is 48.1 Å². The zero-order valence-electron chi connectivity index (χ0n) is 12.4. The minimum Gasteiger partial charge on any atom is -0.368 e. The van der Waals surface area contributed by atoms with Gasteiger partial charge >= 0.3 is 0 Å². The van der Waals surface area contributed by atoms with E-state index in [2.05, 4.69) is 26.2 Å². The number of rotatable bonds is 6. The van der Waals surface area contributed by atoms with Gasteiger partial charge in [-0.1, -0.05) is 26.7 Å². The predicted octanol–water partition coefficient (Wildman–Crippen LogP) is 3.92. The van der Waals surface area contributed by atoms with Crippen LogP contribution in [0.5, 0.6) is 0 Å². The monoisotopic (exact) mass is 282 g/mol. The van der Waals surface area contributed by atoms with Gasteiger partial charge in [-0.2, -0.15) is 0 Å². The number of thiazole rings is 1. The molecule has 0 bridgehead atoms. The molecule has 0 amide bonds. The summed E-state index contributed by atoms with van der Waals surface area (Å²) < 4.78 is 6.03. The second-order valence-corrected chi connectivity index (χ2v) is 6.39. The molecule has 1 heterocycles. The molecule has 1 fully saturated rings. The van der Waals surface area contributed by atoms with E-state index in [1.807, 2.05) is 0 Å². The molecular formula is C15H26N2OS. The summed E-state index contributed by atoms with van der Waals surface area (Å²) in [5, 5.41) is 3.26. The van der Waals surface area contributed by atoms with Gasteiger partial charge in [-0.05, 0) is 32.6 Å². The van der Waals surface area contributed by atoms with Gasteiger partial charge in [0.2, 0.25) is 0 Å². The number of hydrogen-bond acceptors (Lipinski definition) is 4. The maximum Gasteiger partial charge on any atom is 0.125 e. The van der Waals surface area contributed by atoms with Gasteiger partial charge in [-0.25, -0.2) is 4.98 Å². The minimum atomic E-state index is -0.216. The fourth-order valence-corrected chi connectivity index (χ4v) is 4.29. The first-order valence-electron chi connectivity index (χ1n) is 7.49. The molecule has 1 saturated carbocycles. The van der Waals surface area contributed by atoms with E-state index in [9.17, 15) is 0 Å². The van der Waals surface area contributed by atoms with Gasteiger partial charge < -0.3 is 10.5 Å². The fraction of sp³-hybridized carbons (Fsp3) is 0.800. The van der Waals surface area contributed by atoms with Gasteiger partial charge in [0.15, 0.2) is 0 Å². The van der Waals surface area contributed by atoms with Crippen molar-refractivity contribution in [3.05, 3.63) is 16.1 Å². The van der Waals surface area contributed by atoms with Crippen molar-refractivity contribution in [2.75, 3.05) is 6.61 Å². The van der Waals surface area contributed by atoms with E-state index >= 15 is 0 Å². The molecule has 1 aromatic heterocycles. The van der Waals surface area contributed by atoms with Gasteiger partial charge in [0.25, 0.3) is 0 Å². The van der Waals surface area contributed by atoms with Crippen LogP contribution in [0.3, 0.4) is 0 Å². The van der Waals surface area contributed by atoms with Crippen molar-refractivity contribution in [3.63, 3.8) is 0 Å². The maximum atomic E-state index is 6.50. The van der Waals surface area contributed by atoms with Crippen molar-refractivity contribution in [3.8, 4) is 0 Å². The first kappa shape index (κ1) is 14.9. The van der Waals surface area contributed by atoms with Crippen LogP contribution in [0.4, 0.5) is 0 Å². The van der Waals surface area contributed by atoms with Crippen LogP contribution in [0, 0.1) is 0 Å². The molecule has 19 heavy (non-hydrogen) atoms. The van der Waals surface area contributed by atoms with Crippen LogP contribution in [0.2, 0.25) is 0 Å². The van der Waals surface area contributed by atoms with Crippen molar-refractivity contribution in [1.29, 1.82) is 0 Å². The Hall–Kier alpha value is -0.450. The SMILES string of the molecule is CCOC(CC)(CC)c1nc(C2(N)CCCC2)cs1. The Kier molecular flexibility index (Phi) is 4.64. The van der Waals surface area contributed by atoms with Crippen LogP contribution < -0.4 is 5.73 Å². The fourth-order valence-electron chi connectivity index (χ4n) is 3.07. The van der Waals surface area contributed by atoms with Gasteiger partial charge in [-0.3, -0.25) is 0 Å². The molecule has 0 aromatic carbocycles. The predicted molar refractivity (Wildman–Crippen MR) is 80.3 cm³/mol. The molecule has 1 aliphatic rings. The highest BCUT2D eigenvalue weighted by atomic mass is 32.1. The molecule has 0 radical (unpaired) electrons. The normalized spacial score (nSPS) is 18.9. The second kappa shape index (κ2) is 5.90. The second-order valence-electron chi connectivity index (χ2n) is 5.54. The summed E-state index contributed by atoms with van der Waals surface area (Å²) in [5.74, 6) is 0. The zero-order chi connectivity index (χ0) is 13.9. The molecule has 2 N–H and O–H groups in total. The van der Waals surface area contributed by atoms with Gasteiger partial charge in [-0.15, -0.1) is 11.3 Å². The maximum absolute atomic E-state index is 6.50. The van der Waals surface area contributed by atoms with E-state index in [4.69, 9.17) is 15.5 Å². The molecular weight excluding hydrogens is 256 g/mol. The summed E-state index contributed by atoms with van der Waals surface area (Å²) in [6.45, 7) is 7.13. The summed E-state index contributed by atoms with van der Waals surface area (Å²) >= 11 is 1.71. The highest BCUT2D eigenvalue weighted by molar-refractivity contribution is 7.09. The number of aromatic nitrogens is 1. The molecule has 2 rings (SSSR count). The van der Waals surface area contributed by atoms with Crippen LogP contribution in [-0.2, 0) is 15.9 Å². The van der Waals surface area contributed by atoms with Crippen molar-refractivity contribution in [2.45, 2.75) is 70.4 Å². The van der Waals surface area contributed by atoms with Crippen molar-refractivity contribution in [2.24, 2.45) is 5.73 Å². The van der Waals surface area contributed by atoms with Crippen LogP contribution in [-0.4, -0.2) is 11.6 Å². The molecule has 0 aliphatic heterocycles. The van der Waals surface area contributed by atoms with Crippen molar-refractivity contribution in [1.82, 2.24) is 4.98 Å². The summed E-state index contributed by atoms with van der Waals surface area (Å²) in [6.07, 6.45) is 6.50. The number of hydrogen-bond donors (Lipinski definition) is 1. The van der Waals surface area contributed by atoms with E-state index < -0.39 is 0 Å². The van der Waals surface area contributed by atoms with E-state index in [1.165, 1.54) is 12.8 Å². The molecule has 3 nitrogen and oxygen atoms in total. The Balaban J connectivity index is 2.28. The third-order valence-corrected chi connectivity index (χ3v) is 5.49. The number of nitrogens with zero attached hydrogens (tertiary/aromatic N) is 1. The van der Waals surface area contributed by atoms with Gasteiger partial charge in [0, 0.05) is 12.0 Å². The van der Waals surface area contributed by atoms with Crippen LogP contribution >= 0.6 is 11.3 Å². The van der Waals surface area contributed by atoms with Crippen molar-refractivity contribution < 1.29 is 4.74 Å². The van der Waals surface area contributed by atoms with Crippen LogP contribution in [0.15, 0.2) is 5.38 Å². The number of nitrogens with two attached hydrogens (primary N) is 1. The molecule has 108 valence electrons. The Labute approximate surface area is 120 Å². The van der Waals surface area contributed by atoms with E-state index in [0.29, 0.717) is 0 Å². The summed E-state index contributed by atoms with van der Waals surface area (Å²) in [7, 11) is 0. The number of ether oxygens (including phenoxy) is 1. The standard InChI is InChI=1S/C15H26N2OS/c1-4-15(5-2,18-6-3)13-17-12(11-19-13)14(16)9-7-8-10-14/h11H,4-10,16H2,1-3H3. The Morgan fingerprint density at radius 2 is 1.95 bits per heavy atom. The van der Waals surface area contributed by atoms with E-state index in [1.54, 1.807) is 11.3 Å². The first-order valence-corrected chi connectivity index (χ1v) is 8.37. The smallest absolute Gasteiger partial charge is 0.125 e. The lowest BCUT2D eigenvalue weighted by Crippen LogP contribution is -2.34. The lowest BCUT2D eigenvalue weighted by Gasteiger charge is -2.29. The van der Waals surface area contributed by atoms with Crippen LogP contribution in [0.25, 0.3) is 0 Å².